The molecule has 19 heavy (non-hydrogen) atoms. The lowest BCUT2D eigenvalue weighted by atomic mass is 10.1. The van der Waals surface area contributed by atoms with Crippen LogP contribution >= 0.6 is 0 Å². The first kappa shape index (κ1) is 13.0. The molecule has 98 valence electrons. The van der Waals surface area contributed by atoms with E-state index in [-0.39, 0.29) is 5.91 Å². The lowest BCUT2D eigenvalue weighted by molar-refractivity contribution is 0.0946. The first-order valence-corrected chi connectivity index (χ1v) is 5.81. The van der Waals surface area contributed by atoms with Crippen molar-refractivity contribution in [3.05, 3.63) is 53.6 Å². The Kier molecular flexibility index (Phi) is 4.04. The van der Waals surface area contributed by atoms with Crippen LogP contribution in [0.3, 0.4) is 0 Å². The van der Waals surface area contributed by atoms with Crippen molar-refractivity contribution >= 4 is 11.6 Å². The number of nitrogens with one attached hydrogen (secondary N) is 2. The highest BCUT2D eigenvalue weighted by molar-refractivity contribution is 5.92. The number of rotatable bonds is 4. The van der Waals surface area contributed by atoms with E-state index in [2.05, 4.69) is 20.7 Å². The fraction of sp³-hybridized carbons (Fsp3) is 0.154. The maximum absolute atomic E-state index is 11.9. The quantitative estimate of drug-likeness (QED) is 0.561. The van der Waals surface area contributed by atoms with E-state index in [1.165, 1.54) is 6.20 Å². The number of hydrogen-bond donors (Lipinski definition) is 3. The summed E-state index contributed by atoms with van der Waals surface area (Å²) in [5.74, 6) is 5.01. The van der Waals surface area contributed by atoms with Crippen LogP contribution in [0.2, 0.25) is 0 Å². The number of aromatic nitrogens is 2. The number of anilines is 1. The van der Waals surface area contributed by atoms with Crippen molar-refractivity contribution in [3.8, 4) is 0 Å². The molecule has 0 saturated heterocycles. The van der Waals surface area contributed by atoms with Crippen molar-refractivity contribution < 1.29 is 4.79 Å². The number of nitrogens with zero attached hydrogens (tertiary/aromatic N) is 2. The molecule has 0 aliphatic heterocycles. The second-order valence-corrected chi connectivity index (χ2v) is 4.06. The van der Waals surface area contributed by atoms with Crippen LogP contribution in [-0.4, -0.2) is 15.9 Å². The summed E-state index contributed by atoms with van der Waals surface area (Å²) in [6.45, 7) is 2.40. The van der Waals surface area contributed by atoms with Crippen LogP contribution in [0.5, 0.6) is 0 Å². The molecule has 0 aliphatic rings. The average Bonchev–Trinajstić information content (AvgIpc) is 2.46. The Morgan fingerprint density at radius 1 is 1.32 bits per heavy atom. The molecule has 2 aromatic rings. The topological polar surface area (TPSA) is 92.9 Å². The van der Waals surface area contributed by atoms with Gasteiger partial charge in [0.1, 0.15) is 5.69 Å². The Bertz CT molecular complexity index is 568. The van der Waals surface area contributed by atoms with Crippen molar-refractivity contribution in [3.63, 3.8) is 0 Å². The molecular weight excluding hydrogens is 242 g/mol. The maximum Gasteiger partial charge on any atom is 0.270 e. The van der Waals surface area contributed by atoms with E-state index >= 15 is 0 Å². The van der Waals surface area contributed by atoms with Gasteiger partial charge in [0, 0.05) is 18.9 Å². The zero-order chi connectivity index (χ0) is 13.7. The van der Waals surface area contributed by atoms with E-state index in [0.717, 1.165) is 11.1 Å². The Balaban J connectivity index is 1.99. The molecule has 2 heterocycles. The minimum atomic E-state index is -0.222. The molecule has 2 aromatic heterocycles. The van der Waals surface area contributed by atoms with Gasteiger partial charge in [0.25, 0.3) is 5.91 Å². The number of carbonyl (C=O) groups excluding carboxylic acids is 1. The second kappa shape index (κ2) is 5.92. The van der Waals surface area contributed by atoms with Crippen LogP contribution in [0.4, 0.5) is 5.69 Å². The van der Waals surface area contributed by atoms with Crippen LogP contribution in [0.1, 0.15) is 21.6 Å². The van der Waals surface area contributed by atoms with Gasteiger partial charge in [-0.1, -0.05) is 0 Å². The largest absolute Gasteiger partial charge is 0.347 e. The maximum atomic E-state index is 11.9. The SMILES string of the molecule is Cc1cnccc1CNC(=O)c1ccc(NN)cn1. The Labute approximate surface area is 111 Å². The summed E-state index contributed by atoms with van der Waals surface area (Å²) in [4.78, 5) is 19.9. The van der Waals surface area contributed by atoms with Crippen molar-refractivity contribution in [1.29, 1.82) is 0 Å². The molecular formula is C13H15N5O. The van der Waals surface area contributed by atoms with Gasteiger partial charge in [0.2, 0.25) is 0 Å². The predicted octanol–water partition coefficient (Wildman–Crippen LogP) is 1.00. The highest BCUT2D eigenvalue weighted by Gasteiger charge is 2.07. The zero-order valence-electron chi connectivity index (χ0n) is 10.6. The van der Waals surface area contributed by atoms with E-state index in [9.17, 15) is 4.79 Å². The average molecular weight is 257 g/mol. The standard InChI is InChI=1S/C13H15N5O/c1-9-6-15-5-4-10(9)7-17-13(19)12-3-2-11(18-14)8-16-12/h2-6,8,18H,7,14H2,1H3,(H,17,19). The molecule has 0 radical (unpaired) electrons. The molecule has 6 heteroatoms. The Morgan fingerprint density at radius 3 is 2.79 bits per heavy atom. The number of nitrogens with two attached hydrogens (primary N) is 1. The van der Waals surface area contributed by atoms with Crippen molar-refractivity contribution in [2.45, 2.75) is 13.5 Å². The second-order valence-electron chi connectivity index (χ2n) is 4.06. The van der Waals surface area contributed by atoms with E-state index in [4.69, 9.17) is 5.84 Å². The lowest BCUT2D eigenvalue weighted by Gasteiger charge is -2.07. The van der Waals surface area contributed by atoms with E-state index in [1.54, 1.807) is 24.5 Å². The molecule has 0 aromatic carbocycles. The van der Waals surface area contributed by atoms with Gasteiger partial charge in [0.15, 0.2) is 0 Å². The number of pyridine rings is 2. The van der Waals surface area contributed by atoms with Crippen LogP contribution in [0, 0.1) is 6.92 Å². The molecule has 0 saturated carbocycles. The van der Waals surface area contributed by atoms with Crippen LogP contribution < -0.4 is 16.6 Å². The van der Waals surface area contributed by atoms with Crippen LogP contribution in [0.15, 0.2) is 36.8 Å². The molecule has 0 aliphatic carbocycles. The minimum absolute atomic E-state index is 0.222. The highest BCUT2D eigenvalue weighted by atomic mass is 16.1. The van der Waals surface area contributed by atoms with E-state index < -0.39 is 0 Å². The van der Waals surface area contributed by atoms with Crippen molar-refractivity contribution in [1.82, 2.24) is 15.3 Å². The van der Waals surface area contributed by atoms with Gasteiger partial charge in [-0.15, -0.1) is 0 Å². The molecule has 0 unspecified atom stereocenters. The van der Waals surface area contributed by atoms with Gasteiger partial charge in [-0.05, 0) is 36.2 Å². The number of hydrazine groups is 1. The third kappa shape index (κ3) is 3.26. The Morgan fingerprint density at radius 2 is 2.16 bits per heavy atom. The summed E-state index contributed by atoms with van der Waals surface area (Å²) in [5.41, 5.74) is 5.54. The summed E-state index contributed by atoms with van der Waals surface area (Å²) in [6, 6.07) is 5.19. The van der Waals surface area contributed by atoms with Gasteiger partial charge < -0.3 is 10.7 Å². The van der Waals surface area contributed by atoms with Gasteiger partial charge in [-0.25, -0.2) is 4.98 Å². The molecule has 0 fully saturated rings. The molecule has 4 N–H and O–H groups in total. The third-order valence-corrected chi connectivity index (χ3v) is 2.74. The number of carbonyl (C=O) groups is 1. The minimum Gasteiger partial charge on any atom is -0.347 e. The summed E-state index contributed by atoms with van der Waals surface area (Å²) in [7, 11) is 0. The van der Waals surface area contributed by atoms with Crippen molar-refractivity contribution in [2.75, 3.05) is 5.43 Å². The van der Waals surface area contributed by atoms with Gasteiger partial charge in [-0.3, -0.25) is 15.6 Å². The normalized spacial score (nSPS) is 10.0. The fourth-order valence-electron chi connectivity index (χ4n) is 1.58. The zero-order valence-corrected chi connectivity index (χ0v) is 10.6. The molecule has 1 amide bonds. The fourth-order valence-corrected chi connectivity index (χ4v) is 1.58. The molecule has 6 nitrogen and oxygen atoms in total. The van der Waals surface area contributed by atoms with E-state index in [1.807, 2.05) is 13.0 Å². The number of aryl methyl sites for hydroxylation is 1. The molecule has 0 atom stereocenters. The van der Waals surface area contributed by atoms with Gasteiger partial charge in [0.05, 0.1) is 11.9 Å². The lowest BCUT2D eigenvalue weighted by Crippen LogP contribution is -2.24. The first-order valence-electron chi connectivity index (χ1n) is 5.81. The molecule has 0 spiro atoms. The number of nitrogen functional groups attached to an aromatic ring is 1. The summed E-state index contributed by atoms with van der Waals surface area (Å²) >= 11 is 0. The third-order valence-electron chi connectivity index (χ3n) is 2.74. The summed E-state index contributed by atoms with van der Waals surface area (Å²) < 4.78 is 0. The van der Waals surface area contributed by atoms with Crippen molar-refractivity contribution in [2.24, 2.45) is 5.84 Å². The van der Waals surface area contributed by atoms with Gasteiger partial charge >= 0.3 is 0 Å². The first-order chi connectivity index (χ1) is 9.20. The molecule has 0 bridgehead atoms. The summed E-state index contributed by atoms with van der Waals surface area (Å²) in [6.07, 6.45) is 4.97. The summed E-state index contributed by atoms with van der Waals surface area (Å²) in [5, 5.41) is 2.81. The van der Waals surface area contributed by atoms with Gasteiger partial charge in [-0.2, -0.15) is 0 Å². The number of amides is 1. The molecule has 2 rings (SSSR count). The number of hydrogen-bond acceptors (Lipinski definition) is 5. The highest BCUT2D eigenvalue weighted by Crippen LogP contribution is 2.06. The Hall–Kier alpha value is -2.47. The van der Waals surface area contributed by atoms with Crippen LogP contribution in [0.25, 0.3) is 0 Å². The monoisotopic (exact) mass is 257 g/mol. The van der Waals surface area contributed by atoms with E-state index in [0.29, 0.717) is 17.9 Å². The van der Waals surface area contributed by atoms with Crippen LogP contribution in [-0.2, 0) is 6.54 Å². The predicted molar refractivity (Wildman–Crippen MR) is 72.2 cm³/mol. The smallest absolute Gasteiger partial charge is 0.270 e.